The van der Waals surface area contributed by atoms with Crippen molar-refractivity contribution >= 4 is 33.2 Å². The lowest BCUT2D eigenvalue weighted by Crippen LogP contribution is -2.20. The molecule has 0 aliphatic rings. The van der Waals surface area contributed by atoms with Gasteiger partial charge in [-0.15, -0.1) is 0 Å². The molecule has 0 radical (unpaired) electrons. The van der Waals surface area contributed by atoms with Crippen molar-refractivity contribution < 1.29 is 13.2 Å². The first kappa shape index (κ1) is 17.8. The first-order valence-corrected chi connectivity index (χ1v) is 9.55. The number of aromatic nitrogens is 2. The van der Waals surface area contributed by atoms with E-state index in [0.29, 0.717) is 21.5 Å². The Kier molecular flexibility index (Phi) is 5.03. The van der Waals surface area contributed by atoms with Gasteiger partial charge in [-0.1, -0.05) is 41.4 Å². The van der Waals surface area contributed by atoms with E-state index in [1.54, 1.807) is 49.4 Å². The quantitative estimate of drug-likeness (QED) is 0.633. The summed E-state index contributed by atoms with van der Waals surface area (Å²) in [7, 11) is -3.81. The van der Waals surface area contributed by atoms with E-state index in [4.69, 9.17) is 27.9 Å². The van der Waals surface area contributed by atoms with Gasteiger partial charge in [-0.25, -0.2) is 0 Å². The highest BCUT2D eigenvalue weighted by atomic mass is 35.5. The van der Waals surface area contributed by atoms with Crippen LogP contribution in [0.1, 0.15) is 18.7 Å². The molecule has 0 aliphatic carbocycles. The number of ether oxygens (including phenoxy) is 1. The van der Waals surface area contributed by atoms with E-state index >= 15 is 0 Å². The molecule has 3 aromatic rings. The molecule has 25 heavy (non-hydrogen) atoms. The average Bonchev–Trinajstić information content (AvgIpc) is 3.09. The third-order valence-corrected chi connectivity index (χ3v) is 5.68. The van der Waals surface area contributed by atoms with Crippen molar-refractivity contribution in [2.45, 2.75) is 17.9 Å². The minimum Gasteiger partial charge on any atom is -0.483 e. The van der Waals surface area contributed by atoms with Gasteiger partial charge in [0.2, 0.25) is 0 Å². The Labute approximate surface area is 155 Å². The standard InChI is InChI=1S/C17H14Cl2N2O3S/c1-12(24-17-8-7-13(18)11-15(17)19)16-9-10-20-21(16)25(22,23)14-5-3-2-4-6-14/h2-12H,1H3/t12-/m1/s1. The van der Waals surface area contributed by atoms with Crippen LogP contribution >= 0.6 is 23.2 Å². The van der Waals surface area contributed by atoms with Crippen molar-refractivity contribution in [3.63, 3.8) is 0 Å². The summed E-state index contributed by atoms with van der Waals surface area (Å²) < 4.78 is 32.3. The lowest BCUT2D eigenvalue weighted by molar-refractivity contribution is 0.220. The molecule has 1 heterocycles. The predicted molar refractivity (Wildman–Crippen MR) is 96.8 cm³/mol. The summed E-state index contributed by atoms with van der Waals surface area (Å²) >= 11 is 12.0. The summed E-state index contributed by atoms with van der Waals surface area (Å²) in [6.07, 6.45) is 0.818. The Balaban J connectivity index is 1.94. The van der Waals surface area contributed by atoms with Gasteiger partial charge in [-0.3, -0.25) is 0 Å². The van der Waals surface area contributed by atoms with Crippen LogP contribution in [-0.2, 0) is 10.0 Å². The van der Waals surface area contributed by atoms with Crippen LogP contribution in [0.4, 0.5) is 0 Å². The van der Waals surface area contributed by atoms with E-state index in [9.17, 15) is 8.42 Å². The molecule has 3 rings (SSSR count). The monoisotopic (exact) mass is 396 g/mol. The second-order valence-corrected chi connectivity index (χ2v) is 7.86. The van der Waals surface area contributed by atoms with E-state index in [2.05, 4.69) is 5.10 Å². The second kappa shape index (κ2) is 7.07. The number of hydrogen-bond acceptors (Lipinski definition) is 4. The molecule has 0 bridgehead atoms. The van der Waals surface area contributed by atoms with Gasteiger partial charge < -0.3 is 4.74 Å². The van der Waals surface area contributed by atoms with E-state index < -0.39 is 16.1 Å². The van der Waals surface area contributed by atoms with Crippen molar-refractivity contribution in [3.8, 4) is 5.75 Å². The van der Waals surface area contributed by atoms with Crippen LogP contribution in [0.15, 0.2) is 65.7 Å². The summed E-state index contributed by atoms with van der Waals surface area (Å²) in [6.45, 7) is 1.72. The van der Waals surface area contributed by atoms with E-state index in [0.717, 1.165) is 4.09 Å². The second-order valence-electron chi connectivity index (χ2n) is 5.25. The van der Waals surface area contributed by atoms with E-state index in [-0.39, 0.29) is 4.90 Å². The maximum absolute atomic E-state index is 12.8. The van der Waals surface area contributed by atoms with Gasteiger partial charge in [0.05, 0.1) is 21.8 Å². The van der Waals surface area contributed by atoms with Gasteiger partial charge in [-0.05, 0) is 43.3 Å². The van der Waals surface area contributed by atoms with Crippen LogP contribution in [0.25, 0.3) is 0 Å². The lowest BCUT2D eigenvalue weighted by atomic mass is 10.3. The molecule has 1 aromatic heterocycles. The van der Waals surface area contributed by atoms with Gasteiger partial charge in [0.1, 0.15) is 11.9 Å². The number of benzene rings is 2. The first-order chi connectivity index (χ1) is 11.9. The highest BCUT2D eigenvalue weighted by Gasteiger charge is 2.24. The van der Waals surface area contributed by atoms with E-state index in [1.165, 1.54) is 18.3 Å². The minimum absolute atomic E-state index is 0.150. The summed E-state index contributed by atoms with van der Waals surface area (Å²) in [4.78, 5) is 0.150. The largest absolute Gasteiger partial charge is 0.483 e. The van der Waals surface area contributed by atoms with Gasteiger partial charge in [0.15, 0.2) is 0 Å². The van der Waals surface area contributed by atoms with Crippen LogP contribution < -0.4 is 4.74 Å². The summed E-state index contributed by atoms with van der Waals surface area (Å²) in [5.74, 6) is 0.406. The molecule has 0 amide bonds. The van der Waals surface area contributed by atoms with Crippen molar-refractivity contribution in [1.82, 2.24) is 9.19 Å². The minimum atomic E-state index is -3.81. The predicted octanol–water partition coefficient (Wildman–Crippen LogP) is 4.57. The molecule has 0 aliphatic heterocycles. The zero-order valence-electron chi connectivity index (χ0n) is 13.1. The number of rotatable bonds is 5. The van der Waals surface area contributed by atoms with Crippen LogP contribution in [0.3, 0.4) is 0 Å². The van der Waals surface area contributed by atoms with Gasteiger partial charge >= 0.3 is 0 Å². The van der Waals surface area contributed by atoms with Gasteiger partial charge in [0.25, 0.3) is 10.0 Å². The Bertz CT molecular complexity index is 988. The molecule has 0 saturated heterocycles. The van der Waals surface area contributed by atoms with Crippen molar-refractivity contribution in [2.75, 3.05) is 0 Å². The smallest absolute Gasteiger partial charge is 0.283 e. The molecule has 0 N–H and O–H groups in total. The van der Waals surface area contributed by atoms with Crippen LogP contribution in [0.2, 0.25) is 10.0 Å². The molecule has 0 spiro atoms. The number of halogens is 2. The van der Waals surface area contributed by atoms with Crippen LogP contribution in [-0.4, -0.2) is 17.6 Å². The maximum atomic E-state index is 12.8. The third-order valence-electron chi connectivity index (χ3n) is 3.52. The van der Waals surface area contributed by atoms with Crippen molar-refractivity contribution in [1.29, 1.82) is 0 Å². The Morgan fingerprint density at radius 2 is 1.80 bits per heavy atom. The summed E-state index contributed by atoms with van der Waals surface area (Å²) in [5, 5.41) is 4.79. The van der Waals surface area contributed by atoms with Crippen molar-refractivity contribution in [2.24, 2.45) is 0 Å². The molecule has 130 valence electrons. The molecule has 0 saturated carbocycles. The van der Waals surface area contributed by atoms with Gasteiger partial charge in [0, 0.05) is 5.02 Å². The fraction of sp³-hybridized carbons (Fsp3) is 0.118. The van der Waals surface area contributed by atoms with Gasteiger partial charge in [-0.2, -0.15) is 17.6 Å². The summed E-state index contributed by atoms with van der Waals surface area (Å²) in [5.41, 5.74) is 0.384. The zero-order chi connectivity index (χ0) is 18.0. The normalized spacial score (nSPS) is 12.8. The first-order valence-electron chi connectivity index (χ1n) is 7.36. The van der Waals surface area contributed by atoms with Crippen molar-refractivity contribution in [3.05, 3.63) is 76.5 Å². The molecular formula is C17H14Cl2N2O3S. The maximum Gasteiger partial charge on any atom is 0.283 e. The summed E-state index contributed by atoms with van der Waals surface area (Å²) in [6, 6.07) is 14.5. The Morgan fingerprint density at radius 3 is 2.48 bits per heavy atom. The molecule has 0 unspecified atom stereocenters. The van der Waals surface area contributed by atoms with Crippen LogP contribution in [0.5, 0.6) is 5.75 Å². The molecule has 1 atom stereocenters. The fourth-order valence-electron chi connectivity index (χ4n) is 2.31. The zero-order valence-corrected chi connectivity index (χ0v) is 15.5. The Hall–Kier alpha value is -2.02. The molecule has 5 nitrogen and oxygen atoms in total. The molecule has 2 aromatic carbocycles. The number of nitrogens with zero attached hydrogens (tertiary/aromatic N) is 2. The topological polar surface area (TPSA) is 61.2 Å². The fourth-order valence-corrected chi connectivity index (χ4v) is 4.13. The molecule has 8 heteroatoms. The highest BCUT2D eigenvalue weighted by molar-refractivity contribution is 7.89. The third kappa shape index (κ3) is 3.66. The highest BCUT2D eigenvalue weighted by Crippen LogP contribution is 2.31. The lowest BCUT2D eigenvalue weighted by Gasteiger charge is -2.17. The average molecular weight is 397 g/mol. The SMILES string of the molecule is C[C@@H](Oc1ccc(Cl)cc1Cl)c1ccnn1S(=O)(=O)c1ccccc1. The van der Waals surface area contributed by atoms with Crippen LogP contribution in [0, 0.1) is 0 Å². The Morgan fingerprint density at radius 1 is 1.08 bits per heavy atom. The number of hydrogen-bond donors (Lipinski definition) is 0. The molecular weight excluding hydrogens is 383 g/mol. The molecule has 0 fully saturated rings. The van der Waals surface area contributed by atoms with E-state index in [1.807, 2.05) is 0 Å².